The van der Waals surface area contributed by atoms with Crippen LogP contribution in [0.1, 0.15) is 11.1 Å². The van der Waals surface area contributed by atoms with Crippen LogP contribution in [-0.2, 0) is 16.1 Å². The van der Waals surface area contributed by atoms with Gasteiger partial charge in [0.25, 0.3) is 0 Å². The van der Waals surface area contributed by atoms with Gasteiger partial charge < -0.3 is 9.15 Å². The first kappa shape index (κ1) is 21.0. The molecule has 0 amide bonds. The lowest BCUT2D eigenvalue weighted by molar-refractivity contribution is -0.138. The maximum Gasteiger partial charge on any atom is 0.331 e. The van der Waals surface area contributed by atoms with E-state index in [1.54, 1.807) is 10.8 Å². The minimum absolute atomic E-state index is 0.205. The van der Waals surface area contributed by atoms with Crippen LogP contribution in [0.2, 0.25) is 0 Å². The number of carbonyl (C=O) groups is 1. The zero-order valence-electron chi connectivity index (χ0n) is 17.5. The van der Waals surface area contributed by atoms with Gasteiger partial charge in [-0.3, -0.25) is 0 Å². The van der Waals surface area contributed by atoms with E-state index in [1.807, 2.05) is 91.1 Å². The second-order valence-electron chi connectivity index (χ2n) is 7.43. The molecule has 0 bridgehead atoms. The predicted molar refractivity (Wildman–Crippen MR) is 132 cm³/mol. The molecule has 0 spiro atoms. The summed E-state index contributed by atoms with van der Waals surface area (Å²) in [5.41, 5.74) is 4.00. The molecule has 0 radical (unpaired) electrons. The standard InChI is InChI=1S/C27H19BrN2O3/c28-22-13-10-19(11-14-22)18-32-26(31)15-12-21-17-30(23-7-2-1-3-8-23)29-27(21)25-16-20-6-4-5-9-24(20)33-25/h1-17H,18H2. The number of hydrogen-bond donors (Lipinski definition) is 0. The van der Waals surface area contributed by atoms with E-state index in [2.05, 4.69) is 15.9 Å². The van der Waals surface area contributed by atoms with Gasteiger partial charge in [-0.1, -0.05) is 64.5 Å². The lowest BCUT2D eigenvalue weighted by atomic mass is 10.2. The number of nitrogens with zero attached hydrogens (tertiary/aromatic N) is 2. The van der Waals surface area contributed by atoms with Crippen LogP contribution in [0, 0.1) is 0 Å². The summed E-state index contributed by atoms with van der Waals surface area (Å²) in [6, 6.07) is 27.2. The third-order valence-electron chi connectivity index (χ3n) is 5.12. The van der Waals surface area contributed by atoms with Gasteiger partial charge in [-0.2, -0.15) is 5.10 Å². The third-order valence-corrected chi connectivity index (χ3v) is 5.64. The number of para-hydroxylation sites is 2. The Morgan fingerprint density at radius 2 is 1.76 bits per heavy atom. The quantitative estimate of drug-likeness (QED) is 0.190. The van der Waals surface area contributed by atoms with Crippen molar-refractivity contribution in [2.45, 2.75) is 6.61 Å². The Bertz CT molecular complexity index is 1400. The molecule has 5 nitrogen and oxygen atoms in total. The van der Waals surface area contributed by atoms with Crippen LogP contribution >= 0.6 is 15.9 Å². The number of hydrogen-bond acceptors (Lipinski definition) is 4. The molecule has 3 aromatic carbocycles. The molecule has 0 N–H and O–H groups in total. The normalized spacial score (nSPS) is 11.3. The fourth-order valence-electron chi connectivity index (χ4n) is 3.45. The molecular weight excluding hydrogens is 480 g/mol. The average molecular weight is 499 g/mol. The van der Waals surface area contributed by atoms with E-state index in [0.29, 0.717) is 11.5 Å². The van der Waals surface area contributed by atoms with Gasteiger partial charge in [0.2, 0.25) is 0 Å². The molecule has 0 atom stereocenters. The second-order valence-corrected chi connectivity index (χ2v) is 8.34. The van der Waals surface area contributed by atoms with E-state index >= 15 is 0 Å². The van der Waals surface area contributed by atoms with Crippen molar-refractivity contribution < 1.29 is 13.9 Å². The van der Waals surface area contributed by atoms with Crippen LogP contribution in [0.3, 0.4) is 0 Å². The van der Waals surface area contributed by atoms with E-state index in [-0.39, 0.29) is 6.61 Å². The summed E-state index contributed by atoms with van der Waals surface area (Å²) in [4.78, 5) is 12.4. The molecular formula is C27H19BrN2O3. The van der Waals surface area contributed by atoms with Gasteiger partial charge in [0, 0.05) is 27.7 Å². The highest BCUT2D eigenvalue weighted by Crippen LogP contribution is 2.30. The van der Waals surface area contributed by atoms with Crippen LogP contribution in [0.4, 0.5) is 0 Å². The molecule has 0 aliphatic carbocycles. The van der Waals surface area contributed by atoms with Crippen LogP contribution in [-0.4, -0.2) is 15.7 Å². The lowest BCUT2D eigenvalue weighted by Gasteiger charge is -2.02. The molecule has 0 fully saturated rings. The Hall–Kier alpha value is -3.90. The minimum atomic E-state index is -0.430. The zero-order valence-corrected chi connectivity index (χ0v) is 19.1. The highest BCUT2D eigenvalue weighted by molar-refractivity contribution is 9.10. The first-order chi connectivity index (χ1) is 16.2. The summed E-state index contributed by atoms with van der Waals surface area (Å²) >= 11 is 3.40. The van der Waals surface area contributed by atoms with Crippen LogP contribution in [0.15, 0.2) is 106 Å². The van der Waals surface area contributed by atoms with E-state index in [9.17, 15) is 4.79 Å². The van der Waals surface area contributed by atoms with Crippen molar-refractivity contribution in [1.29, 1.82) is 0 Å². The number of furan rings is 1. The fourth-order valence-corrected chi connectivity index (χ4v) is 3.72. The van der Waals surface area contributed by atoms with Crippen molar-refractivity contribution in [3.05, 3.63) is 113 Å². The van der Waals surface area contributed by atoms with Gasteiger partial charge in [-0.15, -0.1) is 0 Å². The summed E-state index contributed by atoms with van der Waals surface area (Å²) in [6.45, 7) is 0.205. The summed E-state index contributed by atoms with van der Waals surface area (Å²) in [6.07, 6.45) is 4.99. The van der Waals surface area contributed by atoms with Gasteiger partial charge in [-0.05, 0) is 48.0 Å². The van der Waals surface area contributed by atoms with Crippen molar-refractivity contribution >= 4 is 38.9 Å². The summed E-state index contributed by atoms with van der Waals surface area (Å²) in [5, 5.41) is 5.73. The molecule has 0 saturated carbocycles. The third kappa shape index (κ3) is 4.81. The molecule has 33 heavy (non-hydrogen) atoms. The number of esters is 1. The summed E-state index contributed by atoms with van der Waals surface area (Å²) in [7, 11) is 0. The molecule has 5 aromatic rings. The number of halogens is 1. The van der Waals surface area contributed by atoms with E-state index in [0.717, 1.165) is 32.3 Å². The number of benzene rings is 3. The van der Waals surface area contributed by atoms with E-state index in [1.165, 1.54) is 6.08 Å². The molecule has 2 aromatic heterocycles. The minimum Gasteiger partial charge on any atom is -0.458 e. The van der Waals surface area contributed by atoms with Gasteiger partial charge in [-0.25, -0.2) is 9.48 Å². The first-order valence-corrected chi connectivity index (χ1v) is 11.2. The number of rotatable bonds is 6. The Balaban J connectivity index is 1.43. The fraction of sp³-hybridized carbons (Fsp3) is 0.0370. The SMILES string of the molecule is O=C(C=Cc1cn(-c2ccccc2)nc1-c1cc2ccccc2o1)OCc1ccc(Br)cc1. The molecule has 0 aliphatic heterocycles. The Morgan fingerprint density at radius 3 is 2.55 bits per heavy atom. The van der Waals surface area contributed by atoms with Gasteiger partial charge in [0.15, 0.2) is 5.76 Å². The lowest BCUT2D eigenvalue weighted by Crippen LogP contribution is -2.00. The van der Waals surface area contributed by atoms with Gasteiger partial charge in [0.05, 0.1) is 5.69 Å². The van der Waals surface area contributed by atoms with Crippen molar-refractivity contribution in [2.24, 2.45) is 0 Å². The second kappa shape index (κ2) is 9.30. The number of aromatic nitrogens is 2. The molecule has 162 valence electrons. The first-order valence-electron chi connectivity index (χ1n) is 10.4. The average Bonchev–Trinajstić information content (AvgIpc) is 3.47. The zero-order chi connectivity index (χ0) is 22.6. The maximum absolute atomic E-state index is 12.4. The number of ether oxygens (including phenoxy) is 1. The predicted octanol–water partition coefficient (Wildman–Crippen LogP) is 6.80. The Labute approximate surface area is 199 Å². The van der Waals surface area contributed by atoms with Gasteiger partial charge in [0.1, 0.15) is 17.9 Å². The largest absolute Gasteiger partial charge is 0.458 e. The molecule has 2 heterocycles. The molecule has 0 unspecified atom stereocenters. The van der Waals surface area contributed by atoms with Crippen LogP contribution in [0.5, 0.6) is 0 Å². The van der Waals surface area contributed by atoms with E-state index in [4.69, 9.17) is 14.3 Å². The number of carbonyl (C=O) groups excluding carboxylic acids is 1. The topological polar surface area (TPSA) is 57.3 Å². The molecule has 0 aliphatic rings. The molecule has 5 rings (SSSR count). The smallest absolute Gasteiger partial charge is 0.331 e. The maximum atomic E-state index is 12.4. The highest BCUT2D eigenvalue weighted by Gasteiger charge is 2.15. The van der Waals surface area contributed by atoms with Crippen LogP contribution < -0.4 is 0 Å². The van der Waals surface area contributed by atoms with Gasteiger partial charge >= 0.3 is 5.97 Å². The van der Waals surface area contributed by atoms with Crippen molar-refractivity contribution in [1.82, 2.24) is 9.78 Å². The van der Waals surface area contributed by atoms with Crippen molar-refractivity contribution in [3.8, 4) is 17.1 Å². The highest BCUT2D eigenvalue weighted by atomic mass is 79.9. The van der Waals surface area contributed by atoms with Crippen molar-refractivity contribution in [3.63, 3.8) is 0 Å². The Morgan fingerprint density at radius 1 is 1.00 bits per heavy atom. The van der Waals surface area contributed by atoms with Crippen LogP contribution in [0.25, 0.3) is 34.2 Å². The molecule has 0 saturated heterocycles. The molecule has 6 heteroatoms. The Kier molecular flexibility index (Phi) is 5.91. The summed E-state index contributed by atoms with van der Waals surface area (Å²) in [5.74, 6) is 0.203. The van der Waals surface area contributed by atoms with Crippen molar-refractivity contribution in [2.75, 3.05) is 0 Å². The monoisotopic (exact) mass is 498 g/mol. The van der Waals surface area contributed by atoms with E-state index < -0.39 is 5.97 Å². The number of fused-ring (bicyclic) bond motifs is 1. The summed E-state index contributed by atoms with van der Waals surface area (Å²) < 4.78 is 14.2.